The van der Waals surface area contributed by atoms with Crippen LogP contribution in [0.4, 0.5) is 5.82 Å². The quantitative estimate of drug-likeness (QED) is 0.733. The number of anilines is 1. The van der Waals surface area contributed by atoms with E-state index in [1.807, 2.05) is 32.0 Å². The molecule has 0 radical (unpaired) electrons. The van der Waals surface area contributed by atoms with E-state index in [4.69, 9.17) is 4.74 Å². The SMILES string of the molecule is Cc1cnc(C)c(OC2CCN(c3ncnc4ccccc34)CC2)n1. The van der Waals surface area contributed by atoms with Gasteiger partial charge in [0.05, 0.1) is 16.9 Å². The van der Waals surface area contributed by atoms with Gasteiger partial charge in [-0.2, -0.15) is 0 Å². The Kier molecular flexibility index (Phi) is 4.17. The van der Waals surface area contributed by atoms with Gasteiger partial charge in [-0.15, -0.1) is 0 Å². The van der Waals surface area contributed by atoms with Gasteiger partial charge in [0.15, 0.2) is 0 Å². The zero-order chi connectivity index (χ0) is 17.2. The predicted molar refractivity (Wildman–Crippen MR) is 96.9 cm³/mol. The highest BCUT2D eigenvalue weighted by Gasteiger charge is 2.23. The van der Waals surface area contributed by atoms with Gasteiger partial charge in [-0.05, 0) is 26.0 Å². The number of aryl methyl sites for hydroxylation is 2. The Bertz CT molecular complexity index is 885. The third kappa shape index (κ3) is 3.24. The van der Waals surface area contributed by atoms with Crippen molar-refractivity contribution in [3.8, 4) is 5.88 Å². The van der Waals surface area contributed by atoms with Crippen molar-refractivity contribution in [2.45, 2.75) is 32.8 Å². The van der Waals surface area contributed by atoms with Crippen molar-refractivity contribution in [3.63, 3.8) is 0 Å². The highest BCUT2D eigenvalue weighted by Crippen LogP contribution is 2.27. The summed E-state index contributed by atoms with van der Waals surface area (Å²) in [5.74, 6) is 1.67. The van der Waals surface area contributed by atoms with Gasteiger partial charge in [0, 0.05) is 37.5 Å². The van der Waals surface area contributed by atoms with Crippen LogP contribution in [0.5, 0.6) is 5.88 Å². The Balaban J connectivity index is 1.47. The molecule has 0 N–H and O–H groups in total. The van der Waals surface area contributed by atoms with E-state index in [1.54, 1.807) is 12.5 Å². The van der Waals surface area contributed by atoms with Crippen LogP contribution in [0.3, 0.4) is 0 Å². The van der Waals surface area contributed by atoms with Crippen molar-refractivity contribution in [1.82, 2.24) is 19.9 Å². The second-order valence-electron chi connectivity index (χ2n) is 6.42. The number of nitrogens with zero attached hydrogens (tertiary/aromatic N) is 5. The molecule has 25 heavy (non-hydrogen) atoms. The molecule has 1 aromatic carbocycles. The van der Waals surface area contributed by atoms with Gasteiger partial charge >= 0.3 is 0 Å². The maximum atomic E-state index is 6.11. The summed E-state index contributed by atoms with van der Waals surface area (Å²) in [5.41, 5.74) is 2.71. The Morgan fingerprint density at radius 3 is 2.68 bits per heavy atom. The van der Waals surface area contributed by atoms with E-state index in [-0.39, 0.29) is 6.10 Å². The number of aromatic nitrogens is 4. The van der Waals surface area contributed by atoms with Gasteiger partial charge in [0.25, 0.3) is 0 Å². The van der Waals surface area contributed by atoms with E-state index in [9.17, 15) is 0 Å². The van der Waals surface area contributed by atoms with Crippen molar-refractivity contribution < 1.29 is 4.74 Å². The van der Waals surface area contributed by atoms with Gasteiger partial charge in [-0.25, -0.2) is 15.0 Å². The average molecular weight is 335 g/mol. The predicted octanol–water partition coefficient (Wildman–Crippen LogP) is 3.08. The lowest BCUT2D eigenvalue weighted by Gasteiger charge is -2.33. The van der Waals surface area contributed by atoms with E-state index in [0.29, 0.717) is 5.88 Å². The third-order valence-corrected chi connectivity index (χ3v) is 4.57. The number of ether oxygens (including phenoxy) is 1. The lowest BCUT2D eigenvalue weighted by molar-refractivity contribution is 0.161. The van der Waals surface area contributed by atoms with Crippen LogP contribution in [0.25, 0.3) is 10.9 Å². The molecule has 0 bridgehead atoms. The Morgan fingerprint density at radius 1 is 1.04 bits per heavy atom. The zero-order valence-electron chi connectivity index (χ0n) is 14.5. The molecule has 4 rings (SSSR count). The van der Waals surface area contributed by atoms with Crippen molar-refractivity contribution in [3.05, 3.63) is 48.2 Å². The topological polar surface area (TPSA) is 64.0 Å². The number of benzene rings is 1. The van der Waals surface area contributed by atoms with Crippen LogP contribution in [0, 0.1) is 13.8 Å². The Hall–Kier alpha value is -2.76. The molecule has 0 saturated carbocycles. The first kappa shape index (κ1) is 15.7. The minimum Gasteiger partial charge on any atom is -0.473 e. The van der Waals surface area contributed by atoms with Crippen LogP contribution in [-0.4, -0.2) is 39.1 Å². The van der Waals surface area contributed by atoms with E-state index < -0.39 is 0 Å². The largest absolute Gasteiger partial charge is 0.473 e. The molecule has 1 aliphatic heterocycles. The van der Waals surface area contributed by atoms with Crippen molar-refractivity contribution in [2.24, 2.45) is 0 Å². The maximum Gasteiger partial charge on any atom is 0.235 e. The van der Waals surface area contributed by atoms with Crippen molar-refractivity contribution in [1.29, 1.82) is 0 Å². The fraction of sp³-hybridized carbons (Fsp3) is 0.368. The number of para-hydroxylation sites is 1. The van der Waals surface area contributed by atoms with E-state index >= 15 is 0 Å². The summed E-state index contributed by atoms with van der Waals surface area (Å²) in [6, 6.07) is 8.14. The van der Waals surface area contributed by atoms with Crippen LogP contribution in [0.15, 0.2) is 36.8 Å². The van der Waals surface area contributed by atoms with E-state index in [0.717, 1.165) is 54.0 Å². The Morgan fingerprint density at radius 2 is 1.84 bits per heavy atom. The molecule has 0 aliphatic carbocycles. The molecule has 0 unspecified atom stereocenters. The van der Waals surface area contributed by atoms with Crippen molar-refractivity contribution >= 4 is 16.7 Å². The lowest BCUT2D eigenvalue weighted by Crippen LogP contribution is -2.39. The number of hydrogen-bond acceptors (Lipinski definition) is 6. The molecular weight excluding hydrogens is 314 g/mol. The summed E-state index contributed by atoms with van der Waals surface area (Å²) in [5, 5.41) is 1.10. The monoisotopic (exact) mass is 335 g/mol. The fourth-order valence-corrected chi connectivity index (χ4v) is 3.21. The Labute approximate surface area is 146 Å². The molecular formula is C19H21N5O. The number of rotatable bonds is 3. The second kappa shape index (κ2) is 6.63. The first-order valence-electron chi connectivity index (χ1n) is 8.62. The number of fused-ring (bicyclic) bond motifs is 1. The fourth-order valence-electron chi connectivity index (χ4n) is 3.21. The van der Waals surface area contributed by atoms with Gasteiger partial charge < -0.3 is 9.64 Å². The minimum absolute atomic E-state index is 0.166. The second-order valence-corrected chi connectivity index (χ2v) is 6.42. The first-order valence-corrected chi connectivity index (χ1v) is 8.62. The first-order chi connectivity index (χ1) is 12.2. The zero-order valence-corrected chi connectivity index (χ0v) is 14.5. The summed E-state index contributed by atoms with van der Waals surface area (Å²) in [6.45, 7) is 5.68. The normalized spacial score (nSPS) is 15.5. The molecule has 0 amide bonds. The van der Waals surface area contributed by atoms with Gasteiger partial charge in [0.1, 0.15) is 18.2 Å². The number of piperidine rings is 1. The molecule has 0 spiro atoms. The highest BCUT2D eigenvalue weighted by atomic mass is 16.5. The molecule has 1 saturated heterocycles. The molecule has 2 aromatic heterocycles. The summed E-state index contributed by atoms with van der Waals surface area (Å²) in [7, 11) is 0. The van der Waals surface area contributed by atoms with Crippen LogP contribution >= 0.6 is 0 Å². The molecule has 6 nitrogen and oxygen atoms in total. The molecule has 1 fully saturated rings. The summed E-state index contributed by atoms with van der Waals surface area (Å²) < 4.78 is 6.11. The summed E-state index contributed by atoms with van der Waals surface area (Å²) in [6.07, 6.45) is 5.46. The van der Waals surface area contributed by atoms with Crippen molar-refractivity contribution in [2.75, 3.05) is 18.0 Å². The molecule has 128 valence electrons. The lowest BCUT2D eigenvalue weighted by atomic mass is 10.1. The van der Waals surface area contributed by atoms with Crippen LogP contribution in [0.2, 0.25) is 0 Å². The summed E-state index contributed by atoms with van der Waals surface area (Å²) >= 11 is 0. The smallest absolute Gasteiger partial charge is 0.235 e. The van der Waals surface area contributed by atoms with Gasteiger partial charge in [-0.1, -0.05) is 12.1 Å². The van der Waals surface area contributed by atoms with Crippen LogP contribution in [0.1, 0.15) is 24.2 Å². The average Bonchev–Trinajstić information content (AvgIpc) is 2.65. The van der Waals surface area contributed by atoms with Crippen LogP contribution in [-0.2, 0) is 0 Å². The third-order valence-electron chi connectivity index (χ3n) is 4.57. The molecule has 0 atom stereocenters. The van der Waals surface area contributed by atoms with Crippen LogP contribution < -0.4 is 9.64 Å². The van der Waals surface area contributed by atoms with E-state index in [2.05, 4.69) is 30.9 Å². The standard InChI is InChI=1S/C19H21N5O/c1-13-11-20-14(2)19(23-13)25-15-7-9-24(10-8-15)18-16-5-3-4-6-17(16)21-12-22-18/h3-6,11-12,15H,7-10H2,1-2H3. The van der Waals surface area contributed by atoms with Gasteiger partial charge in [0.2, 0.25) is 5.88 Å². The molecule has 1 aliphatic rings. The van der Waals surface area contributed by atoms with Gasteiger partial charge in [-0.3, -0.25) is 4.98 Å². The molecule has 3 aromatic rings. The molecule has 3 heterocycles. The maximum absolute atomic E-state index is 6.11. The van der Waals surface area contributed by atoms with E-state index in [1.165, 1.54) is 0 Å². The molecule has 6 heteroatoms. The highest BCUT2D eigenvalue weighted by molar-refractivity contribution is 5.89. The number of hydrogen-bond donors (Lipinski definition) is 0. The minimum atomic E-state index is 0.166. The summed E-state index contributed by atoms with van der Waals surface area (Å²) in [4.78, 5) is 20.0.